The van der Waals surface area contributed by atoms with Crippen molar-refractivity contribution < 1.29 is 13.9 Å². The number of carbonyl (C=O) groups excluding carboxylic acids is 1. The lowest BCUT2D eigenvalue weighted by Gasteiger charge is -1.96. The Morgan fingerprint density at radius 1 is 1.62 bits per heavy atom. The van der Waals surface area contributed by atoms with Gasteiger partial charge in [0.1, 0.15) is 17.1 Å². The molecule has 0 amide bonds. The summed E-state index contributed by atoms with van der Waals surface area (Å²) in [6.07, 6.45) is 2.73. The maximum Gasteiger partial charge on any atom is 0.341 e. The Morgan fingerprint density at radius 2 is 2.31 bits per heavy atom. The van der Waals surface area contributed by atoms with Crippen LogP contribution in [0.15, 0.2) is 16.1 Å². The minimum absolute atomic E-state index is 0.383. The second kappa shape index (κ2) is 5.51. The van der Waals surface area contributed by atoms with Gasteiger partial charge in [-0.3, -0.25) is 0 Å². The predicted molar refractivity (Wildman–Crippen MR) is 62.1 cm³/mol. The molecule has 0 aliphatic carbocycles. The van der Waals surface area contributed by atoms with E-state index in [-0.39, 0.29) is 5.97 Å². The Labute approximate surface area is 95.1 Å². The lowest BCUT2D eigenvalue weighted by Crippen LogP contribution is -2.01. The van der Waals surface area contributed by atoms with Crippen LogP contribution in [0.1, 0.15) is 35.2 Å². The fraction of sp³-hybridized carbons (Fsp3) is 0.417. The molecule has 0 aromatic carbocycles. The first-order valence-electron chi connectivity index (χ1n) is 5.20. The molecular weight excluding hydrogens is 206 g/mol. The highest BCUT2D eigenvalue weighted by Gasteiger charge is 2.14. The summed E-state index contributed by atoms with van der Waals surface area (Å²) >= 11 is 0. The van der Waals surface area contributed by atoms with E-state index in [1.807, 2.05) is 13.0 Å². The van der Waals surface area contributed by atoms with Gasteiger partial charge in [0, 0.05) is 6.54 Å². The molecule has 88 valence electrons. The lowest BCUT2D eigenvalue weighted by molar-refractivity contribution is 0.0599. The van der Waals surface area contributed by atoms with Crippen LogP contribution in [-0.2, 0) is 4.74 Å². The summed E-state index contributed by atoms with van der Waals surface area (Å²) in [5.74, 6) is 0.817. The highest BCUT2D eigenvalue weighted by Crippen LogP contribution is 2.18. The molecule has 0 saturated carbocycles. The normalized spacial score (nSPS) is 11.6. The molecule has 4 nitrogen and oxygen atoms in total. The molecule has 0 atom stereocenters. The molecule has 16 heavy (non-hydrogen) atoms. The summed E-state index contributed by atoms with van der Waals surface area (Å²) in [4.78, 5) is 11.3. The molecule has 1 heterocycles. The summed E-state index contributed by atoms with van der Waals surface area (Å²) in [6.45, 7) is 4.25. The SMILES string of the molecule is CCC(=Cc1cc(C(=O)OC)c(C)o1)CN. The molecule has 0 fully saturated rings. The molecule has 0 unspecified atom stereocenters. The number of hydrogen-bond donors (Lipinski definition) is 1. The van der Waals surface area contributed by atoms with Crippen LogP contribution in [0.5, 0.6) is 0 Å². The van der Waals surface area contributed by atoms with E-state index in [0.29, 0.717) is 23.6 Å². The van der Waals surface area contributed by atoms with Gasteiger partial charge in [0.25, 0.3) is 0 Å². The molecule has 1 aromatic heterocycles. The Balaban J connectivity index is 3.01. The molecule has 0 aliphatic rings. The minimum Gasteiger partial charge on any atom is -0.465 e. The number of esters is 1. The van der Waals surface area contributed by atoms with Crippen LogP contribution in [0.4, 0.5) is 0 Å². The van der Waals surface area contributed by atoms with Gasteiger partial charge < -0.3 is 14.9 Å². The van der Waals surface area contributed by atoms with Crippen molar-refractivity contribution in [1.82, 2.24) is 0 Å². The second-order valence-corrected chi connectivity index (χ2v) is 3.47. The first-order chi connectivity index (χ1) is 7.62. The van der Waals surface area contributed by atoms with Crippen molar-refractivity contribution in [2.24, 2.45) is 5.73 Å². The average molecular weight is 223 g/mol. The summed E-state index contributed by atoms with van der Waals surface area (Å²) in [5, 5.41) is 0. The Bertz CT molecular complexity index is 398. The Hall–Kier alpha value is -1.55. The topological polar surface area (TPSA) is 65.5 Å². The third-order valence-corrected chi connectivity index (χ3v) is 2.40. The quantitative estimate of drug-likeness (QED) is 0.794. The van der Waals surface area contributed by atoms with Crippen LogP contribution >= 0.6 is 0 Å². The molecule has 0 bridgehead atoms. The van der Waals surface area contributed by atoms with E-state index in [9.17, 15) is 4.79 Å². The zero-order valence-corrected chi connectivity index (χ0v) is 9.87. The largest absolute Gasteiger partial charge is 0.465 e. The summed E-state index contributed by atoms with van der Waals surface area (Å²) < 4.78 is 10.1. The number of rotatable bonds is 4. The van der Waals surface area contributed by atoms with E-state index in [0.717, 1.165) is 12.0 Å². The summed E-state index contributed by atoms with van der Waals surface area (Å²) in [7, 11) is 1.35. The number of hydrogen-bond acceptors (Lipinski definition) is 4. The van der Waals surface area contributed by atoms with Crippen LogP contribution in [0, 0.1) is 6.92 Å². The van der Waals surface area contributed by atoms with Gasteiger partial charge in [0.05, 0.1) is 7.11 Å². The van der Waals surface area contributed by atoms with Gasteiger partial charge in [-0.2, -0.15) is 0 Å². The molecule has 1 rings (SSSR count). The van der Waals surface area contributed by atoms with E-state index < -0.39 is 0 Å². The lowest BCUT2D eigenvalue weighted by atomic mass is 10.1. The minimum atomic E-state index is -0.383. The van der Waals surface area contributed by atoms with Crippen molar-refractivity contribution in [1.29, 1.82) is 0 Å². The standard InChI is InChI=1S/C12H17NO3/c1-4-9(7-13)5-10-6-11(8(2)16-10)12(14)15-3/h5-6H,4,7,13H2,1-3H3. The number of carbonyl (C=O) groups is 1. The molecule has 0 radical (unpaired) electrons. The van der Waals surface area contributed by atoms with Gasteiger partial charge in [-0.1, -0.05) is 12.5 Å². The molecule has 0 saturated heterocycles. The van der Waals surface area contributed by atoms with Gasteiger partial charge >= 0.3 is 5.97 Å². The molecule has 4 heteroatoms. The third-order valence-electron chi connectivity index (χ3n) is 2.40. The van der Waals surface area contributed by atoms with Gasteiger partial charge in [-0.25, -0.2) is 4.79 Å². The van der Waals surface area contributed by atoms with Crippen molar-refractivity contribution >= 4 is 12.0 Å². The number of nitrogens with two attached hydrogens (primary N) is 1. The van der Waals surface area contributed by atoms with Crippen molar-refractivity contribution in [2.75, 3.05) is 13.7 Å². The van der Waals surface area contributed by atoms with Crippen LogP contribution in [0.25, 0.3) is 6.08 Å². The number of aryl methyl sites for hydroxylation is 1. The Morgan fingerprint density at radius 3 is 2.81 bits per heavy atom. The van der Waals surface area contributed by atoms with Gasteiger partial charge in [-0.05, 0) is 25.5 Å². The second-order valence-electron chi connectivity index (χ2n) is 3.47. The van der Waals surface area contributed by atoms with Crippen LogP contribution < -0.4 is 5.73 Å². The zero-order valence-electron chi connectivity index (χ0n) is 9.87. The van der Waals surface area contributed by atoms with E-state index in [2.05, 4.69) is 4.74 Å². The van der Waals surface area contributed by atoms with E-state index >= 15 is 0 Å². The number of ether oxygens (including phenoxy) is 1. The van der Waals surface area contributed by atoms with E-state index in [1.54, 1.807) is 13.0 Å². The first-order valence-corrected chi connectivity index (χ1v) is 5.20. The summed E-state index contributed by atoms with van der Waals surface area (Å²) in [5.41, 5.74) is 7.09. The predicted octanol–water partition coefficient (Wildman–Crippen LogP) is 2.13. The maximum atomic E-state index is 11.3. The van der Waals surface area contributed by atoms with Crippen LogP contribution in [0.2, 0.25) is 0 Å². The molecular formula is C12H17NO3. The fourth-order valence-electron chi connectivity index (χ4n) is 1.40. The molecule has 0 spiro atoms. The average Bonchev–Trinajstić information content (AvgIpc) is 2.66. The van der Waals surface area contributed by atoms with E-state index in [4.69, 9.17) is 10.2 Å². The summed E-state index contributed by atoms with van der Waals surface area (Å²) in [6, 6.07) is 1.67. The third kappa shape index (κ3) is 2.73. The Kier molecular flexibility index (Phi) is 4.31. The van der Waals surface area contributed by atoms with Crippen molar-refractivity contribution in [3.8, 4) is 0 Å². The van der Waals surface area contributed by atoms with Gasteiger partial charge in [-0.15, -0.1) is 0 Å². The van der Waals surface area contributed by atoms with E-state index in [1.165, 1.54) is 7.11 Å². The molecule has 0 aliphatic heterocycles. The highest BCUT2D eigenvalue weighted by atomic mass is 16.5. The van der Waals surface area contributed by atoms with Crippen LogP contribution in [0.3, 0.4) is 0 Å². The number of methoxy groups -OCH3 is 1. The van der Waals surface area contributed by atoms with Crippen molar-refractivity contribution in [3.05, 3.63) is 28.7 Å². The first kappa shape index (κ1) is 12.5. The molecule has 2 N–H and O–H groups in total. The zero-order chi connectivity index (χ0) is 12.1. The maximum absolute atomic E-state index is 11.3. The fourth-order valence-corrected chi connectivity index (χ4v) is 1.40. The smallest absolute Gasteiger partial charge is 0.341 e. The van der Waals surface area contributed by atoms with Gasteiger partial charge in [0.15, 0.2) is 0 Å². The van der Waals surface area contributed by atoms with Gasteiger partial charge in [0.2, 0.25) is 0 Å². The number of furan rings is 1. The van der Waals surface area contributed by atoms with Crippen LogP contribution in [-0.4, -0.2) is 19.6 Å². The van der Waals surface area contributed by atoms with Crippen molar-refractivity contribution in [3.63, 3.8) is 0 Å². The monoisotopic (exact) mass is 223 g/mol. The van der Waals surface area contributed by atoms with Crippen molar-refractivity contribution in [2.45, 2.75) is 20.3 Å². The molecule has 1 aromatic rings. The highest BCUT2D eigenvalue weighted by molar-refractivity contribution is 5.91.